The number of hydrogen-bond acceptors (Lipinski definition) is 5. The summed E-state index contributed by atoms with van der Waals surface area (Å²) < 4.78 is 16.2. The first-order chi connectivity index (χ1) is 10.3. The van der Waals surface area contributed by atoms with Crippen LogP contribution >= 0.6 is 11.3 Å². The van der Waals surface area contributed by atoms with Crippen molar-refractivity contribution in [1.29, 1.82) is 0 Å². The molecule has 0 N–H and O–H groups in total. The summed E-state index contributed by atoms with van der Waals surface area (Å²) in [5.41, 5.74) is 0. The molecule has 112 valence electrons. The number of carbonyl (C=O) groups is 1. The molecule has 0 radical (unpaired) electrons. The minimum atomic E-state index is 0.153. The van der Waals surface area contributed by atoms with Gasteiger partial charge in [-0.1, -0.05) is 12.1 Å². The summed E-state index contributed by atoms with van der Waals surface area (Å²) in [5, 5.41) is 1.91. The van der Waals surface area contributed by atoms with E-state index >= 15 is 0 Å². The van der Waals surface area contributed by atoms with Crippen molar-refractivity contribution in [2.45, 2.75) is 12.8 Å². The van der Waals surface area contributed by atoms with Gasteiger partial charge in [0.1, 0.15) is 0 Å². The molecule has 0 saturated carbocycles. The molecule has 0 aliphatic heterocycles. The van der Waals surface area contributed by atoms with E-state index in [4.69, 9.17) is 14.2 Å². The molecule has 0 spiro atoms. The minimum absolute atomic E-state index is 0.153. The molecule has 0 fully saturated rings. The van der Waals surface area contributed by atoms with Crippen molar-refractivity contribution in [1.82, 2.24) is 0 Å². The van der Waals surface area contributed by atoms with Gasteiger partial charge < -0.3 is 14.2 Å². The third-order valence-corrected chi connectivity index (χ3v) is 3.88. The molecule has 5 heteroatoms. The number of ether oxygens (including phenoxy) is 3. The van der Waals surface area contributed by atoms with Gasteiger partial charge in [-0.25, -0.2) is 0 Å². The van der Waals surface area contributed by atoms with Gasteiger partial charge in [-0.05, 0) is 30.0 Å². The van der Waals surface area contributed by atoms with E-state index in [0.717, 1.165) is 4.88 Å². The van der Waals surface area contributed by atoms with Gasteiger partial charge in [0.2, 0.25) is 5.75 Å². The monoisotopic (exact) mass is 306 g/mol. The first kappa shape index (κ1) is 15.4. The molecule has 21 heavy (non-hydrogen) atoms. The van der Waals surface area contributed by atoms with Gasteiger partial charge in [0.05, 0.1) is 25.7 Å². The number of ketones is 1. The lowest BCUT2D eigenvalue weighted by Gasteiger charge is -2.13. The molecule has 0 atom stereocenters. The molecule has 0 bridgehead atoms. The predicted octanol–water partition coefficient (Wildman–Crippen LogP) is 3.81. The van der Waals surface area contributed by atoms with Crippen molar-refractivity contribution in [3.63, 3.8) is 0 Å². The fourth-order valence-electron chi connectivity index (χ4n) is 1.93. The van der Waals surface area contributed by atoms with E-state index in [-0.39, 0.29) is 5.78 Å². The van der Waals surface area contributed by atoms with Crippen molar-refractivity contribution in [2.24, 2.45) is 0 Å². The summed E-state index contributed by atoms with van der Waals surface area (Å²) in [5.74, 6) is 1.98. The molecule has 0 amide bonds. The van der Waals surface area contributed by atoms with Crippen molar-refractivity contribution in [2.75, 3.05) is 20.8 Å². The predicted molar refractivity (Wildman–Crippen MR) is 82.9 cm³/mol. The van der Waals surface area contributed by atoms with Crippen molar-refractivity contribution in [3.05, 3.63) is 40.6 Å². The first-order valence-corrected chi connectivity index (χ1v) is 7.54. The number of Topliss-reactive ketones (excluding diaryl/α,β-unsaturated/α-hetero) is 1. The van der Waals surface area contributed by atoms with Crippen LogP contribution in [0.15, 0.2) is 35.7 Å². The van der Waals surface area contributed by atoms with E-state index in [9.17, 15) is 4.79 Å². The number of para-hydroxylation sites is 1. The third-order valence-electron chi connectivity index (χ3n) is 2.97. The van der Waals surface area contributed by atoms with E-state index < -0.39 is 0 Å². The molecule has 1 aromatic carbocycles. The highest BCUT2D eigenvalue weighted by Gasteiger charge is 2.12. The lowest BCUT2D eigenvalue weighted by Crippen LogP contribution is -2.04. The van der Waals surface area contributed by atoms with Crippen LogP contribution in [0.4, 0.5) is 0 Å². The van der Waals surface area contributed by atoms with Gasteiger partial charge in [0, 0.05) is 6.42 Å². The Morgan fingerprint density at radius 1 is 1.10 bits per heavy atom. The van der Waals surface area contributed by atoms with E-state index in [1.54, 1.807) is 14.2 Å². The Kier molecular flexibility index (Phi) is 5.63. The van der Waals surface area contributed by atoms with Crippen LogP contribution in [0.3, 0.4) is 0 Å². The number of benzene rings is 1. The van der Waals surface area contributed by atoms with Crippen LogP contribution in [0.1, 0.15) is 22.5 Å². The van der Waals surface area contributed by atoms with Crippen LogP contribution in [0, 0.1) is 0 Å². The Morgan fingerprint density at radius 3 is 2.38 bits per heavy atom. The molecule has 1 aromatic heterocycles. The van der Waals surface area contributed by atoms with Crippen LogP contribution in [-0.2, 0) is 0 Å². The summed E-state index contributed by atoms with van der Waals surface area (Å²) in [4.78, 5) is 12.7. The minimum Gasteiger partial charge on any atom is -0.493 e. The summed E-state index contributed by atoms with van der Waals surface area (Å²) >= 11 is 1.47. The zero-order chi connectivity index (χ0) is 15.1. The second-order valence-corrected chi connectivity index (χ2v) is 5.29. The molecular formula is C16H18O4S. The van der Waals surface area contributed by atoms with Crippen LogP contribution in [0.5, 0.6) is 17.2 Å². The first-order valence-electron chi connectivity index (χ1n) is 6.66. The molecule has 4 nitrogen and oxygen atoms in total. The van der Waals surface area contributed by atoms with Gasteiger partial charge >= 0.3 is 0 Å². The van der Waals surface area contributed by atoms with Gasteiger partial charge in [-0.15, -0.1) is 11.3 Å². The number of rotatable bonds is 8. The molecule has 0 aliphatic rings. The molecule has 2 aromatic rings. The molecule has 1 heterocycles. The van der Waals surface area contributed by atoms with E-state index in [2.05, 4.69) is 0 Å². The highest BCUT2D eigenvalue weighted by Crippen LogP contribution is 2.36. The van der Waals surface area contributed by atoms with Crippen LogP contribution < -0.4 is 14.2 Å². The summed E-state index contributed by atoms with van der Waals surface area (Å²) in [6.45, 7) is 0.438. The lowest BCUT2D eigenvalue weighted by atomic mass is 10.2. The summed E-state index contributed by atoms with van der Waals surface area (Å²) in [7, 11) is 3.17. The maximum atomic E-state index is 11.9. The number of methoxy groups -OCH3 is 2. The lowest BCUT2D eigenvalue weighted by molar-refractivity contribution is 0.0977. The van der Waals surface area contributed by atoms with Gasteiger partial charge in [-0.3, -0.25) is 4.79 Å². The van der Waals surface area contributed by atoms with Gasteiger partial charge in [-0.2, -0.15) is 0 Å². The van der Waals surface area contributed by atoms with Crippen molar-refractivity contribution >= 4 is 17.1 Å². The number of thiophene rings is 1. The standard InChI is InChI=1S/C16H18O4S/c1-18-13-7-3-8-14(19-2)16(13)20-10-4-6-12(17)15-9-5-11-21-15/h3,5,7-9,11H,4,6,10H2,1-2H3. The van der Waals surface area contributed by atoms with Crippen molar-refractivity contribution in [3.8, 4) is 17.2 Å². The normalized spacial score (nSPS) is 10.2. The zero-order valence-corrected chi connectivity index (χ0v) is 12.9. The van der Waals surface area contributed by atoms with Crippen LogP contribution in [0.2, 0.25) is 0 Å². The molecule has 0 unspecified atom stereocenters. The summed E-state index contributed by atoms with van der Waals surface area (Å²) in [6, 6.07) is 9.19. The average Bonchev–Trinajstić information content (AvgIpc) is 3.05. The SMILES string of the molecule is COc1cccc(OC)c1OCCCC(=O)c1cccs1. The topological polar surface area (TPSA) is 44.8 Å². The number of carbonyl (C=O) groups excluding carboxylic acids is 1. The number of hydrogen-bond donors (Lipinski definition) is 0. The molecule has 0 aliphatic carbocycles. The maximum absolute atomic E-state index is 11.9. The Labute approximate surface area is 128 Å². The van der Waals surface area contributed by atoms with Crippen LogP contribution in [0.25, 0.3) is 0 Å². The van der Waals surface area contributed by atoms with Crippen molar-refractivity contribution < 1.29 is 19.0 Å². The van der Waals surface area contributed by atoms with E-state index in [1.807, 2.05) is 35.7 Å². The molecule has 2 rings (SSSR count). The highest BCUT2D eigenvalue weighted by atomic mass is 32.1. The highest BCUT2D eigenvalue weighted by molar-refractivity contribution is 7.12. The van der Waals surface area contributed by atoms with Gasteiger partial charge in [0.15, 0.2) is 17.3 Å². The Hall–Kier alpha value is -2.01. The molecule has 0 saturated heterocycles. The second-order valence-electron chi connectivity index (χ2n) is 4.34. The van der Waals surface area contributed by atoms with Gasteiger partial charge in [0.25, 0.3) is 0 Å². The maximum Gasteiger partial charge on any atom is 0.203 e. The Bertz CT molecular complexity index is 556. The Morgan fingerprint density at radius 2 is 1.81 bits per heavy atom. The zero-order valence-electron chi connectivity index (χ0n) is 12.1. The second kappa shape index (κ2) is 7.69. The molecular weight excluding hydrogens is 288 g/mol. The quantitative estimate of drug-likeness (QED) is 0.549. The van der Waals surface area contributed by atoms with E-state index in [0.29, 0.717) is 36.7 Å². The summed E-state index contributed by atoms with van der Waals surface area (Å²) in [6.07, 6.45) is 1.12. The third kappa shape index (κ3) is 3.98. The fourth-order valence-corrected chi connectivity index (χ4v) is 2.62. The van der Waals surface area contributed by atoms with Crippen LogP contribution in [-0.4, -0.2) is 26.6 Å². The Balaban J connectivity index is 1.87. The fraction of sp³-hybridized carbons (Fsp3) is 0.312. The van der Waals surface area contributed by atoms with E-state index in [1.165, 1.54) is 11.3 Å². The smallest absolute Gasteiger partial charge is 0.203 e. The largest absolute Gasteiger partial charge is 0.493 e. The average molecular weight is 306 g/mol.